The Balaban J connectivity index is 1.94. The summed E-state index contributed by atoms with van der Waals surface area (Å²) >= 11 is 0. The largest absolute Gasteiger partial charge is 0.352 e. The van der Waals surface area contributed by atoms with Crippen molar-refractivity contribution in [2.24, 2.45) is 0 Å². The predicted molar refractivity (Wildman–Crippen MR) is 87.1 cm³/mol. The van der Waals surface area contributed by atoms with Crippen molar-refractivity contribution >= 4 is 15.9 Å². The van der Waals surface area contributed by atoms with E-state index >= 15 is 0 Å². The number of hydrogen-bond acceptors (Lipinski definition) is 3. The van der Waals surface area contributed by atoms with Gasteiger partial charge in [-0.2, -0.15) is 0 Å². The smallest absolute Gasteiger partial charge is 0.236 e. The molecule has 1 amide bonds. The lowest BCUT2D eigenvalue weighted by Crippen LogP contribution is -2.44. The first-order chi connectivity index (χ1) is 10.5. The second-order valence-corrected chi connectivity index (χ2v) is 7.59. The minimum absolute atomic E-state index is 0.0225. The average Bonchev–Trinajstić information content (AvgIpc) is 2.47. The molecule has 0 spiro atoms. The van der Waals surface area contributed by atoms with Gasteiger partial charge >= 0.3 is 0 Å². The van der Waals surface area contributed by atoms with Gasteiger partial charge in [0, 0.05) is 19.1 Å². The van der Waals surface area contributed by atoms with E-state index in [9.17, 15) is 13.2 Å². The Hall–Kier alpha value is -1.40. The molecule has 0 heterocycles. The molecule has 1 aliphatic carbocycles. The van der Waals surface area contributed by atoms with Crippen LogP contribution in [0.4, 0.5) is 0 Å². The monoisotopic (exact) mass is 324 g/mol. The zero-order valence-electron chi connectivity index (χ0n) is 13.2. The summed E-state index contributed by atoms with van der Waals surface area (Å²) < 4.78 is 25.5. The molecular weight excluding hydrogens is 300 g/mol. The predicted octanol–water partition coefficient (Wildman–Crippen LogP) is 1.33. The molecule has 2 rings (SSSR count). The summed E-state index contributed by atoms with van der Waals surface area (Å²) in [5.41, 5.74) is 2.56. The number of rotatable bonds is 6. The first-order valence-electron chi connectivity index (χ1n) is 7.80. The average molecular weight is 324 g/mol. The van der Waals surface area contributed by atoms with Crippen LogP contribution in [0.3, 0.4) is 0 Å². The van der Waals surface area contributed by atoms with Crippen molar-refractivity contribution in [2.45, 2.75) is 39.2 Å². The van der Waals surface area contributed by atoms with Crippen molar-refractivity contribution < 1.29 is 13.2 Å². The number of hydrogen-bond donors (Lipinski definition) is 1. The van der Waals surface area contributed by atoms with E-state index in [0.717, 1.165) is 19.3 Å². The van der Waals surface area contributed by atoms with Gasteiger partial charge in [0.1, 0.15) is 5.75 Å². The fourth-order valence-corrected chi connectivity index (χ4v) is 4.35. The van der Waals surface area contributed by atoms with Crippen molar-refractivity contribution in [3.05, 3.63) is 35.4 Å². The highest BCUT2D eigenvalue weighted by Gasteiger charge is 2.25. The lowest BCUT2D eigenvalue weighted by Gasteiger charge is -2.26. The van der Waals surface area contributed by atoms with Crippen LogP contribution in [0.5, 0.6) is 0 Å². The van der Waals surface area contributed by atoms with E-state index in [2.05, 4.69) is 17.4 Å². The third-order valence-corrected chi connectivity index (χ3v) is 6.05. The summed E-state index contributed by atoms with van der Waals surface area (Å²) in [6.07, 6.45) is 2.55. The third-order valence-electron chi connectivity index (χ3n) is 4.12. The van der Waals surface area contributed by atoms with E-state index in [-0.39, 0.29) is 6.04 Å². The van der Waals surface area contributed by atoms with Gasteiger partial charge in [-0.3, -0.25) is 4.79 Å². The third kappa shape index (κ3) is 4.08. The minimum atomic E-state index is -3.51. The number of sulfonamides is 1. The Kier molecular flexibility index (Phi) is 5.58. The molecule has 0 bridgehead atoms. The van der Waals surface area contributed by atoms with Gasteiger partial charge in [0.15, 0.2) is 0 Å². The number of carbonyl (C=O) groups excluding carboxylic acids is 1. The highest BCUT2D eigenvalue weighted by Crippen LogP contribution is 2.21. The van der Waals surface area contributed by atoms with Crippen LogP contribution in [0, 0.1) is 0 Å². The molecule has 1 N–H and O–H groups in total. The molecule has 1 aromatic carbocycles. The minimum Gasteiger partial charge on any atom is -0.352 e. The molecule has 0 fully saturated rings. The van der Waals surface area contributed by atoms with Gasteiger partial charge in [-0.1, -0.05) is 38.1 Å². The number of aryl methyl sites for hydroxylation is 1. The van der Waals surface area contributed by atoms with Crippen LogP contribution >= 0.6 is 0 Å². The van der Waals surface area contributed by atoms with E-state index in [4.69, 9.17) is 0 Å². The Morgan fingerprint density at radius 2 is 1.86 bits per heavy atom. The van der Waals surface area contributed by atoms with Crippen LogP contribution in [0.2, 0.25) is 0 Å². The number of nitrogens with zero attached hydrogens (tertiary/aromatic N) is 1. The van der Waals surface area contributed by atoms with Crippen molar-refractivity contribution in [1.82, 2.24) is 9.62 Å². The highest BCUT2D eigenvalue weighted by atomic mass is 32.2. The maximum Gasteiger partial charge on any atom is 0.236 e. The van der Waals surface area contributed by atoms with Gasteiger partial charge in [-0.25, -0.2) is 12.7 Å². The Labute approximate surface area is 132 Å². The van der Waals surface area contributed by atoms with Gasteiger partial charge in [0.2, 0.25) is 15.9 Å². The lowest BCUT2D eigenvalue weighted by atomic mass is 9.88. The van der Waals surface area contributed by atoms with Crippen molar-refractivity contribution in [3.8, 4) is 0 Å². The molecule has 0 radical (unpaired) electrons. The van der Waals surface area contributed by atoms with Gasteiger partial charge in [-0.05, 0) is 30.4 Å². The van der Waals surface area contributed by atoms with Crippen LogP contribution < -0.4 is 5.32 Å². The molecular formula is C16H24N2O3S. The van der Waals surface area contributed by atoms with E-state index in [1.165, 1.54) is 15.4 Å². The van der Waals surface area contributed by atoms with Crippen molar-refractivity contribution in [1.29, 1.82) is 0 Å². The van der Waals surface area contributed by atoms with Gasteiger partial charge in [0.05, 0.1) is 0 Å². The summed E-state index contributed by atoms with van der Waals surface area (Å²) in [5.74, 6) is -0.872. The number of carbonyl (C=O) groups is 1. The molecule has 122 valence electrons. The number of nitrogens with one attached hydrogen (secondary N) is 1. The molecule has 0 saturated carbocycles. The molecule has 1 atom stereocenters. The lowest BCUT2D eigenvalue weighted by molar-refractivity contribution is -0.119. The van der Waals surface area contributed by atoms with Gasteiger partial charge < -0.3 is 5.32 Å². The highest BCUT2D eigenvalue weighted by molar-refractivity contribution is 7.89. The Morgan fingerprint density at radius 3 is 2.50 bits per heavy atom. The maximum atomic E-state index is 12.1. The zero-order valence-corrected chi connectivity index (χ0v) is 14.0. The molecule has 1 aromatic rings. The van der Waals surface area contributed by atoms with E-state index < -0.39 is 21.7 Å². The quantitative estimate of drug-likeness (QED) is 0.858. The molecule has 0 aliphatic heterocycles. The second-order valence-electron chi connectivity index (χ2n) is 5.62. The molecule has 5 nitrogen and oxygen atoms in total. The first-order valence-corrected chi connectivity index (χ1v) is 9.41. The van der Waals surface area contributed by atoms with Gasteiger partial charge in [-0.15, -0.1) is 0 Å². The number of benzene rings is 1. The molecule has 6 heteroatoms. The van der Waals surface area contributed by atoms with E-state index in [1.807, 2.05) is 12.1 Å². The standard InChI is InChI=1S/C16H24N2O3S/c1-3-18(4-2)22(20,21)12-16(19)17-15-10-9-13-7-5-6-8-14(13)11-15/h5-8,15H,3-4,9-12H2,1-2H3,(H,17,19)/t15-/m1/s1. The van der Waals surface area contributed by atoms with Gasteiger partial charge in [0.25, 0.3) is 0 Å². The van der Waals surface area contributed by atoms with Crippen molar-refractivity contribution in [3.63, 3.8) is 0 Å². The summed E-state index contributed by atoms with van der Waals surface area (Å²) in [6.45, 7) is 4.33. The summed E-state index contributed by atoms with van der Waals surface area (Å²) in [7, 11) is -3.51. The SMILES string of the molecule is CCN(CC)S(=O)(=O)CC(=O)N[C@@H]1CCc2ccccc2C1. The number of amides is 1. The summed E-state index contributed by atoms with van der Waals surface area (Å²) in [4.78, 5) is 12.1. The van der Waals surface area contributed by atoms with E-state index in [0.29, 0.717) is 13.1 Å². The molecule has 0 unspecified atom stereocenters. The topological polar surface area (TPSA) is 66.5 Å². The first kappa shape index (κ1) is 17.0. The number of fused-ring (bicyclic) bond motifs is 1. The van der Waals surface area contributed by atoms with Crippen LogP contribution in [0.15, 0.2) is 24.3 Å². The fourth-order valence-electron chi connectivity index (χ4n) is 2.96. The molecule has 0 aromatic heterocycles. The molecule has 1 aliphatic rings. The van der Waals surface area contributed by atoms with E-state index in [1.54, 1.807) is 13.8 Å². The Morgan fingerprint density at radius 1 is 1.23 bits per heavy atom. The van der Waals surface area contributed by atoms with Crippen LogP contribution in [0.25, 0.3) is 0 Å². The molecule has 0 saturated heterocycles. The van der Waals surface area contributed by atoms with Crippen LogP contribution in [-0.2, 0) is 27.7 Å². The maximum absolute atomic E-state index is 12.1. The van der Waals surface area contributed by atoms with Crippen LogP contribution in [-0.4, -0.2) is 43.5 Å². The van der Waals surface area contributed by atoms with Crippen LogP contribution in [0.1, 0.15) is 31.4 Å². The normalized spacial score (nSPS) is 18.0. The fraction of sp³-hybridized carbons (Fsp3) is 0.562. The Bertz CT molecular complexity index is 624. The summed E-state index contributed by atoms with van der Waals surface area (Å²) in [6, 6.07) is 8.22. The zero-order chi connectivity index (χ0) is 16.2. The second kappa shape index (κ2) is 7.24. The molecule has 22 heavy (non-hydrogen) atoms. The van der Waals surface area contributed by atoms with Crippen molar-refractivity contribution in [2.75, 3.05) is 18.8 Å². The summed E-state index contributed by atoms with van der Waals surface area (Å²) in [5, 5.41) is 2.87.